The van der Waals surface area contributed by atoms with Gasteiger partial charge in [0.15, 0.2) is 0 Å². The molecular weight excluding hydrogens is 911 g/mol. The average Bonchev–Trinajstić information content (AvgIpc) is 3.89. The van der Waals surface area contributed by atoms with Crippen LogP contribution < -0.4 is 9.64 Å². The van der Waals surface area contributed by atoms with Gasteiger partial charge in [-0.25, -0.2) is 23.9 Å². The molecule has 10 rings (SSSR count). The number of pyridine rings is 3. The van der Waals surface area contributed by atoms with E-state index in [1.165, 1.54) is 20.3 Å². The molecule has 1 saturated carbocycles. The third-order valence-corrected chi connectivity index (χ3v) is 13.0. The molecule has 8 aromatic rings. The maximum Gasteiger partial charge on any atom is 0.337 e. The second kappa shape index (κ2) is 20.9. The van der Waals surface area contributed by atoms with E-state index in [2.05, 4.69) is 42.3 Å². The van der Waals surface area contributed by atoms with E-state index in [1.807, 2.05) is 66.2 Å². The largest absolute Gasteiger partial charge is 0.473 e. The molecule has 0 unspecified atom stereocenters. The van der Waals surface area contributed by atoms with E-state index in [9.17, 15) is 14.0 Å². The predicted molar refractivity (Wildman–Crippen MR) is 262 cm³/mol. The first-order valence-corrected chi connectivity index (χ1v) is 23.4. The highest BCUT2D eigenvalue weighted by molar-refractivity contribution is 6.17. The van der Waals surface area contributed by atoms with E-state index in [0.717, 1.165) is 88.0 Å². The highest BCUT2D eigenvalue weighted by Crippen LogP contribution is 2.37. The van der Waals surface area contributed by atoms with Crippen molar-refractivity contribution in [1.29, 1.82) is 5.26 Å². The smallest absolute Gasteiger partial charge is 0.337 e. The van der Waals surface area contributed by atoms with Gasteiger partial charge in [0.05, 0.1) is 95.9 Å². The molecule has 17 heteroatoms. The minimum Gasteiger partial charge on any atom is -0.473 e. The van der Waals surface area contributed by atoms with Crippen molar-refractivity contribution in [2.75, 3.05) is 32.2 Å². The number of anilines is 1. The minimum atomic E-state index is -0.471. The normalized spacial score (nSPS) is 15.4. The molecule has 2 atom stereocenters. The van der Waals surface area contributed by atoms with Gasteiger partial charge in [-0.3, -0.25) is 14.9 Å². The number of imidazole rings is 2. The number of carbonyl (C=O) groups is 2. The number of nitriles is 1. The summed E-state index contributed by atoms with van der Waals surface area (Å²) in [4.78, 5) is 52.3. The third-order valence-electron chi connectivity index (χ3n) is 12.8. The van der Waals surface area contributed by atoms with Crippen LogP contribution in [-0.4, -0.2) is 90.3 Å². The lowest BCUT2D eigenvalue weighted by molar-refractivity contribution is 0.0592. The van der Waals surface area contributed by atoms with Gasteiger partial charge < -0.3 is 28.2 Å². The third kappa shape index (κ3) is 10.2. The van der Waals surface area contributed by atoms with Gasteiger partial charge in [-0.15, -0.1) is 11.6 Å². The van der Waals surface area contributed by atoms with Crippen LogP contribution in [-0.2, 0) is 41.6 Å². The molecule has 3 aromatic carbocycles. The zero-order valence-electron chi connectivity index (χ0n) is 39.2. The number of benzene rings is 3. The summed E-state index contributed by atoms with van der Waals surface area (Å²) in [5, 5.41) is 9.00. The molecule has 2 aliphatic rings. The number of hydrogen-bond donors (Lipinski definition) is 0. The molecule has 1 saturated heterocycles. The summed E-state index contributed by atoms with van der Waals surface area (Å²) in [7, 11) is 2.75. The van der Waals surface area contributed by atoms with Gasteiger partial charge >= 0.3 is 11.9 Å². The van der Waals surface area contributed by atoms with Crippen LogP contribution in [0.25, 0.3) is 22.1 Å². The van der Waals surface area contributed by atoms with E-state index in [1.54, 1.807) is 48.7 Å². The molecule has 0 radical (unpaired) electrons. The van der Waals surface area contributed by atoms with Gasteiger partial charge in [-0.2, -0.15) is 10.2 Å². The number of esters is 2. The Balaban J connectivity index is 0.000000221. The van der Waals surface area contributed by atoms with Gasteiger partial charge in [-0.1, -0.05) is 12.1 Å². The SMILES string of the molecule is COC(=O)c1ccc2nc(CCl)n(Cc3cc(C)ccn3)c2c1.COC(=O)c1ccc2nc(CN3CCN(c4cccc(OCc5ccc(C#N)cc5F)n4)[C@H]4CC[C@H]43)n(Cc3cc(C)ccn3)c2c1. The fraction of sp³-hybridized carbons (Fsp3) is 0.283. The van der Waals surface area contributed by atoms with Crippen molar-refractivity contribution in [1.82, 2.24) is 39.0 Å². The number of alkyl halides is 1. The Kier molecular flexibility index (Phi) is 14.1. The first kappa shape index (κ1) is 47.3. The zero-order valence-corrected chi connectivity index (χ0v) is 39.9. The molecule has 356 valence electrons. The summed E-state index contributed by atoms with van der Waals surface area (Å²) in [5.74, 6) is 1.99. The number of carbonyl (C=O) groups excluding carboxylic acids is 2. The number of aromatic nitrogens is 7. The zero-order chi connectivity index (χ0) is 48.9. The number of ether oxygens (including phenoxy) is 3. The monoisotopic (exact) mass is 960 g/mol. The van der Waals surface area contributed by atoms with Gasteiger partial charge in [0.25, 0.3) is 0 Å². The summed E-state index contributed by atoms with van der Waals surface area (Å²) >= 11 is 6.04. The summed E-state index contributed by atoms with van der Waals surface area (Å²) in [5.41, 5.74) is 9.06. The summed E-state index contributed by atoms with van der Waals surface area (Å²) in [6.45, 7) is 7.45. The van der Waals surface area contributed by atoms with Crippen molar-refractivity contribution in [3.63, 3.8) is 0 Å². The molecule has 5 aromatic heterocycles. The van der Waals surface area contributed by atoms with Gasteiger partial charge in [0.2, 0.25) is 5.88 Å². The standard InChI is InChI=1S/C36H34FN7O3.C17H16ClN3O2/c1-23-12-13-39-27(16-23)20-44-32-18-25(36(45)46-2)8-9-29(32)40-34(44)21-42-14-15-43(31-11-10-30(31)42)33-4-3-5-35(41-33)47-22-26-7-6-24(19-38)17-28(26)37;1-11-5-6-19-13(7-11)10-21-15-8-12(17(22)23-2)3-4-14(15)20-16(21)9-18/h3-9,12-13,16-18,30-31H,10-11,14-15,20-22H2,1-2H3;3-8H,9-10H2,1-2H3/t30-,31+;/m1./s1. The van der Waals surface area contributed by atoms with E-state index < -0.39 is 5.82 Å². The van der Waals surface area contributed by atoms with E-state index in [4.69, 9.17) is 41.0 Å². The fourth-order valence-corrected chi connectivity index (χ4v) is 9.32. The van der Waals surface area contributed by atoms with Gasteiger partial charge in [-0.05, 0) is 117 Å². The Morgan fingerprint density at radius 3 is 1.90 bits per heavy atom. The number of methoxy groups -OCH3 is 2. The first-order chi connectivity index (χ1) is 34.0. The van der Waals surface area contributed by atoms with Crippen molar-refractivity contribution < 1.29 is 28.2 Å². The molecule has 6 heterocycles. The quantitative estimate of drug-likeness (QED) is 0.0796. The van der Waals surface area contributed by atoms with Crippen molar-refractivity contribution in [3.05, 3.63) is 172 Å². The molecule has 0 N–H and O–H groups in total. The van der Waals surface area contributed by atoms with Crippen molar-refractivity contribution in [3.8, 4) is 11.9 Å². The number of nitrogens with zero attached hydrogens (tertiary/aromatic N) is 10. The fourth-order valence-electron chi connectivity index (χ4n) is 9.12. The van der Waals surface area contributed by atoms with Crippen LogP contribution in [0.5, 0.6) is 5.88 Å². The number of aryl methyl sites for hydroxylation is 2. The number of piperazine rings is 1. The highest BCUT2D eigenvalue weighted by atomic mass is 35.5. The summed E-state index contributed by atoms with van der Waals surface area (Å²) in [6, 6.07) is 31.4. The molecule has 0 bridgehead atoms. The lowest BCUT2D eigenvalue weighted by atomic mass is 9.81. The maximum atomic E-state index is 14.4. The molecule has 70 heavy (non-hydrogen) atoms. The molecule has 1 aliphatic carbocycles. The van der Waals surface area contributed by atoms with Crippen molar-refractivity contribution in [2.24, 2.45) is 0 Å². The van der Waals surface area contributed by atoms with Crippen LogP contribution in [0.1, 0.15) is 78.8 Å². The summed E-state index contributed by atoms with van der Waals surface area (Å²) < 4.78 is 34.2. The molecule has 15 nitrogen and oxygen atoms in total. The molecule has 1 aliphatic heterocycles. The maximum absolute atomic E-state index is 14.4. The Hall–Kier alpha value is -7.74. The van der Waals surface area contributed by atoms with Crippen LogP contribution in [0.3, 0.4) is 0 Å². The molecular formula is C53H50ClFN10O5. The Bertz CT molecular complexity index is 3280. The predicted octanol–water partition coefficient (Wildman–Crippen LogP) is 8.73. The van der Waals surface area contributed by atoms with Crippen LogP contribution in [0.4, 0.5) is 10.2 Å². The molecule has 2 fully saturated rings. The van der Waals surface area contributed by atoms with Gasteiger partial charge in [0.1, 0.15) is 29.9 Å². The summed E-state index contributed by atoms with van der Waals surface area (Å²) in [6.07, 6.45) is 5.73. The van der Waals surface area contributed by atoms with E-state index in [-0.39, 0.29) is 30.0 Å². The van der Waals surface area contributed by atoms with E-state index >= 15 is 0 Å². The van der Waals surface area contributed by atoms with Gasteiger partial charge in [0, 0.05) is 49.2 Å². The Morgan fingerprint density at radius 2 is 1.34 bits per heavy atom. The first-order valence-electron chi connectivity index (χ1n) is 22.9. The number of hydrogen-bond acceptors (Lipinski definition) is 13. The Labute approximate surface area is 409 Å². The molecule has 0 spiro atoms. The second-order valence-corrected chi connectivity index (χ2v) is 17.6. The average molecular weight is 961 g/mol. The van der Waals surface area contributed by atoms with Crippen LogP contribution in [0, 0.1) is 31.0 Å². The van der Waals surface area contributed by atoms with Crippen LogP contribution in [0.15, 0.2) is 109 Å². The molecule has 0 amide bonds. The Morgan fingerprint density at radius 1 is 0.729 bits per heavy atom. The van der Waals surface area contributed by atoms with E-state index in [0.29, 0.717) is 54.3 Å². The minimum absolute atomic E-state index is 0.0218. The second-order valence-electron chi connectivity index (χ2n) is 17.3. The highest BCUT2D eigenvalue weighted by Gasteiger charge is 2.44. The van der Waals surface area contributed by atoms with Crippen molar-refractivity contribution in [2.45, 2.75) is 70.9 Å². The van der Waals surface area contributed by atoms with Crippen LogP contribution >= 0.6 is 11.6 Å². The lowest BCUT2D eigenvalue weighted by Crippen LogP contribution is -2.64. The topological polar surface area (TPSA) is 166 Å². The van der Waals surface area contributed by atoms with Crippen LogP contribution in [0.2, 0.25) is 0 Å². The number of fused-ring (bicyclic) bond motifs is 3. The number of rotatable bonds is 13. The number of halogens is 2. The lowest BCUT2D eigenvalue weighted by Gasteiger charge is -2.54. The van der Waals surface area contributed by atoms with Crippen molar-refractivity contribution >= 4 is 51.4 Å².